The number of hydrogen-bond donors (Lipinski definition) is 2. The van der Waals surface area contributed by atoms with Crippen LogP contribution in [0.25, 0.3) is 5.57 Å². The Kier molecular flexibility index (Phi) is 3.98. The van der Waals surface area contributed by atoms with Crippen LogP contribution in [0.4, 0.5) is 0 Å². The molecule has 1 saturated carbocycles. The van der Waals surface area contributed by atoms with Gasteiger partial charge in [-0.2, -0.15) is 0 Å². The highest BCUT2D eigenvalue weighted by Gasteiger charge is 2.27. The Morgan fingerprint density at radius 1 is 1.32 bits per heavy atom. The van der Waals surface area contributed by atoms with E-state index in [1.807, 2.05) is 18.2 Å². The molecular weight excluding hydrogens is 274 g/mol. The number of aromatic amines is 1. The third-order valence-electron chi connectivity index (χ3n) is 5.10. The third-order valence-corrected chi connectivity index (χ3v) is 5.10. The van der Waals surface area contributed by atoms with E-state index in [-0.39, 0.29) is 11.3 Å². The third kappa shape index (κ3) is 3.18. The molecule has 2 aliphatic carbocycles. The Morgan fingerprint density at radius 3 is 2.64 bits per heavy atom. The van der Waals surface area contributed by atoms with Gasteiger partial charge in [-0.3, -0.25) is 4.79 Å². The molecule has 0 unspecified atom stereocenters. The van der Waals surface area contributed by atoms with Crippen LogP contribution in [-0.4, -0.2) is 10.1 Å². The first-order valence-corrected chi connectivity index (χ1v) is 8.27. The normalized spacial score (nSPS) is 21.1. The fraction of sp³-hybridized carbons (Fsp3) is 0.526. The summed E-state index contributed by atoms with van der Waals surface area (Å²) in [5.74, 6) is 0.715. The molecule has 1 aromatic rings. The van der Waals surface area contributed by atoms with Crippen molar-refractivity contribution in [3.8, 4) is 5.75 Å². The molecule has 3 nitrogen and oxygen atoms in total. The quantitative estimate of drug-likeness (QED) is 0.879. The molecule has 1 heterocycles. The van der Waals surface area contributed by atoms with E-state index in [2.05, 4.69) is 18.8 Å². The number of H-pyrrole nitrogens is 1. The summed E-state index contributed by atoms with van der Waals surface area (Å²) in [6.45, 7) is 4.66. The summed E-state index contributed by atoms with van der Waals surface area (Å²) < 4.78 is 0. The lowest BCUT2D eigenvalue weighted by Crippen LogP contribution is -2.23. The Balaban J connectivity index is 1.76. The van der Waals surface area contributed by atoms with E-state index in [1.165, 1.54) is 25.7 Å². The first kappa shape index (κ1) is 15.1. The van der Waals surface area contributed by atoms with Gasteiger partial charge in [0.25, 0.3) is 5.56 Å². The molecule has 1 aromatic heterocycles. The fourth-order valence-corrected chi connectivity index (χ4v) is 3.60. The zero-order valence-corrected chi connectivity index (χ0v) is 13.5. The van der Waals surface area contributed by atoms with Gasteiger partial charge in [-0.25, -0.2) is 0 Å². The second-order valence-corrected chi connectivity index (χ2v) is 7.49. The van der Waals surface area contributed by atoms with Gasteiger partial charge in [0, 0.05) is 11.8 Å². The van der Waals surface area contributed by atoms with E-state index in [0.29, 0.717) is 16.9 Å². The second-order valence-electron chi connectivity index (χ2n) is 7.49. The van der Waals surface area contributed by atoms with Gasteiger partial charge in [0.05, 0.1) is 5.56 Å². The van der Waals surface area contributed by atoms with E-state index in [1.54, 1.807) is 6.07 Å². The summed E-state index contributed by atoms with van der Waals surface area (Å²) in [4.78, 5) is 15.3. The molecule has 0 radical (unpaired) electrons. The van der Waals surface area contributed by atoms with Crippen molar-refractivity contribution < 1.29 is 5.11 Å². The van der Waals surface area contributed by atoms with Crippen molar-refractivity contribution in [2.24, 2.45) is 11.3 Å². The molecule has 0 bridgehead atoms. The van der Waals surface area contributed by atoms with Gasteiger partial charge >= 0.3 is 0 Å². The molecule has 0 spiro atoms. The van der Waals surface area contributed by atoms with Crippen LogP contribution in [0.5, 0.6) is 5.75 Å². The van der Waals surface area contributed by atoms with Gasteiger partial charge in [0.2, 0.25) is 0 Å². The van der Waals surface area contributed by atoms with Gasteiger partial charge in [0.15, 0.2) is 0 Å². The molecule has 2 aliphatic rings. The van der Waals surface area contributed by atoms with Crippen LogP contribution in [0.3, 0.4) is 0 Å². The lowest BCUT2D eigenvalue weighted by atomic mass is 9.72. The Labute approximate surface area is 131 Å². The van der Waals surface area contributed by atoms with Crippen molar-refractivity contribution >= 4 is 5.57 Å². The zero-order chi connectivity index (χ0) is 15.7. The van der Waals surface area contributed by atoms with Gasteiger partial charge in [0.1, 0.15) is 5.75 Å². The minimum atomic E-state index is -0.177. The maximum Gasteiger partial charge on any atom is 0.259 e. The molecule has 1 fully saturated rings. The van der Waals surface area contributed by atoms with E-state index in [4.69, 9.17) is 0 Å². The summed E-state index contributed by atoms with van der Waals surface area (Å²) >= 11 is 0. The van der Waals surface area contributed by atoms with Crippen LogP contribution in [-0.2, 0) is 6.42 Å². The Bertz CT molecular complexity index is 669. The maximum atomic E-state index is 12.3. The minimum absolute atomic E-state index is 0.104. The van der Waals surface area contributed by atoms with Crippen molar-refractivity contribution in [3.63, 3.8) is 0 Å². The number of pyridine rings is 1. The average molecular weight is 299 g/mol. The van der Waals surface area contributed by atoms with Gasteiger partial charge in [-0.1, -0.05) is 32.1 Å². The van der Waals surface area contributed by atoms with Crippen LogP contribution in [0.1, 0.15) is 57.2 Å². The summed E-state index contributed by atoms with van der Waals surface area (Å²) in [5.41, 5.74) is 2.37. The number of aromatic hydroxyl groups is 1. The van der Waals surface area contributed by atoms with E-state index in [0.717, 1.165) is 24.1 Å². The van der Waals surface area contributed by atoms with Crippen LogP contribution in [0.2, 0.25) is 0 Å². The summed E-state index contributed by atoms with van der Waals surface area (Å²) in [6.07, 6.45) is 12.4. The van der Waals surface area contributed by atoms with Crippen molar-refractivity contribution in [1.82, 2.24) is 4.98 Å². The summed E-state index contributed by atoms with van der Waals surface area (Å²) in [6, 6.07) is 1.74. The molecule has 0 atom stereocenters. The predicted molar refractivity (Wildman–Crippen MR) is 89.9 cm³/mol. The molecule has 22 heavy (non-hydrogen) atoms. The van der Waals surface area contributed by atoms with Gasteiger partial charge in [-0.05, 0) is 55.4 Å². The second kappa shape index (κ2) is 5.79. The van der Waals surface area contributed by atoms with Crippen LogP contribution < -0.4 is 5.56 Å². The number of rotatable bonds is 3. The smallest absolute Gasteiger partial charge is 0.259 e. The average Bonchev–Trinajstić information content (AvgIpc) is 2.94. The number of hydrogen-bond acceptors (Lipinski definition) is 2. The van der Waals surface area contributed by atoms with Crippen LogP contribution in [0.15, 0.2) is 29.1 Å². The fourth-order valence-electron chi connectivity index (χ4n) is 3.60. The van der Waals surface area contributed by atoms with Crippen molar-refractivity contribution in [3.05, 3.63) is 45.9 Å². The largest absolute Gasteiger partial charge is 0.507 e. The maximum absolute atomic E-state index is 12.3. The first-order chi connectivity index (χ1) is 10.4. The standard InChI is InChI=1S/C19H25NO2/c1-19(2)9-7-13(8-10-19)11-15-12-16(21)17(18(22)20-15)14-5-3-4-6-14/h3,5-6,12-13H,4,7-11H2,1-2H3,(H2,20,21,22). The lowest BCUT2D eigenvalue weighted by Gasteiger charge is -2.34. The molecule has 118 valence electrons. The SMILES string of the molecule is CC1(C)CCC(Cc2cc(O)c(C3=CCC=C3)c(=O)[nH]2)CC1. The molecular formula is C19H25NO2. The minimum Gasteiger partial charge on any atom is -0.507 e. The van der Waals surface area contributed by atoms with E-state index in [9.17, 15) is 9.90 Å². The molecule has 0 saturated heterocycles. The van der Waals surface area contributed by atoms with Gasteiger partial charge in [-0.15, -0.1) is 0 Å². The molecule has 0 amide bonds. The molecule has 2 N–H and O–H groups in total. The molecule has 3 rings (SSSR count). The highest BCUT2D eigenvalue weighted by atomic mass is 16.3. The zero-order valence-electron chi connectivity index (χ0n) is 13.5. The summed E-state index contributed by atoms with van der Waals surface area (Å²) in [7, 11) is 0. The van der Waals surface area contributed by atoms with Gasteiger partial charge < -0.3 is 10.1 Å². The lowest BCUT2D eigenvalue weighted by molar-refractivity contribution is 0.190. The van der Waals surface area contributed by atoms with E-state index >= 15 is 0 Å². The highest BCUT2D eigenvalue weighted by molar-refractivity contribution is 5.79. The topological polar surface area (TPSA) is 53.1 Å². The molecule has 0 aliphatic heterocycles. The molecule has 3 heteroatoms. The number of nitrogens with one attached hydrogen (secondary N) is 1. The van der Waals surface area contributed by atoms with Crippen molar-refractivity contribution in [2.45, 2.75) is 52.4 Å². The summed E-state index contributed by atoms with van der Waals surface area (Å²) in [5, 5.41) is 10.3. The first-order valence-electron chi connectivity index (χ1n) is 8.27. The van der Waals surface area contributed by atoms with Crippen molar-refractivity contribution in [2.75, 3.05) is 0 Å². The van der Waals surface area contributed by atoms with Crippen molar-refractivity contribution in [1.29, 1.82) is 0 Å². The monoisotopic (exact) mass is 299 g/mol. The van der Waals surface area contributed by atoms with Crippen LogP contribution >= 0.6 is 0 Å². The number of allylic oxidation sites excluding steroid dienone is 4. The highest BCUT2D eigenvalue weighted by Crippen LogP contribution is 2.39. The Hall–Kier alpha value is -1.77. The Morgan fingerprint density at radius 2 is 2.05 bits per heavy atom. The van der Waals surface area contributed by atoms with E-state index < -0.39 is 0 Å². The predicted octanol–water partition coefficient (Wildman–Crippen LogP) is 4.18. The molecule has 0 aromatic carbocycles. The number of aromatic nitrogens is 1. The van der Waals surface area contributed by atoms with Crippen LogP contribution in [0, 0.1) is 11.3 Å².